The Hall–Kier alpha value is -0.850. The molecule has 6 heteroatoms. The van der Waals surface area contributed by atoms with Crippen molar-refractivity contribution >= 4 is 5.96 Å². The molecule has 1 saturated heterocycles. The van der Waals surface area contributed by atoms with E-state index in [1.807, 2.05) is 7.05 Å². The van der Waals surface area contributed by atoms with Crippen molar-refractivity contribution in [3.05, 3.63) is 0 Å². The largest absolute Gasteiger partial charge is 0.382 e. The average Bonchev–Trinajstić information content (AvgIpc) is 3.04. The van der Waals surface area contributed by atoms with Crippen molar-refractivity contribution < 1.29 is 9.47 Å². The van der Waals surface area contributed by atoms with Gasteiger partial charge in [0.05, 0.1) is 19.8 Å². The molecule has 0 saturated carbocycles. The molecule has 0 aliphatic carbocycles. The third-order valence-electron chi connectivity index (χ3n) is 4.41. The molecule has 1 heterocycles. The van der Waals surface area contributed by atoms with Crippen LogP contribution < -0.4 is 5.32 Å². The van der Waals surface area contributed by atoms with Gasteiger partial charge in [-0.25, -0.2) is 0 Å². The summed E-state index contributed by atoms with van der Waals surface area (Å²) < 4.78 is 10.7. The monoisotopic (exact) mass is 328 g/mol. The molecule has 0 aromatic carbocycles. The Kier molecular flexibility index (Phi) is 11.0. The summed E-state index contributed by atoms with van der Waals surface area (Å²) in [5.74, 6) is 1.63. The molecule has 0 aromatic rings. The Balaban J connectivity index is 2.20. The number of nitrogens with one attached hydrogen (secondary N) is 1. The highest BCUT2D eigenvalue weighted by Crippen LogP contribution is 2.16. The Bertz CT molecular complexity index is 322. The van der Waals surface area contributed by atoms with Crippen LogP contribution in [0, 0.1) is 5.92 Å². The number of aliphatic imine (C=N–C) groups is 1. The van der Waals surface area contributed by atoms with Gasteiger partial charge in [-0.1, -0.05) is 13.8 Å². The average molecular weight is 329 g/mol. The van der Waals surface area contributed by atoms with Gasteiger partial charge in [-0.05, 0) is 32.5 Å². The summed E-state index contributed by atoms with van der Waals surface area (Å²) in [6.07, 6.45) is 2.32. The van der Waals surface area contributed by atoms with Crippen molar-refractivity contribution in [1.29, 1.82) is 0 Å². The fourth-order valence-corrected chi connectivity index (χ4v) is 2.93. The highest BCUT2D eigenvalue weighted by Gasteiger charge is 2.24. The van der Waals surface area contributed by atoms with Crippen molar-refractivity contribution in [2.45, 2.75) is 26.7 Å². The minimum absolute atomic E-state index is 0.598. The summed E-state index contributed by atoms with van der Waals surface area (Å²) in [6.45, 7) is 13.1. The molecule has 23 heavy (non-hydrogen) atoms. The molecule has 1 rings (SSSR count). The number of likely N-dealkylation sites (tertiary alicyclic amines) is 1. The maximum atomic E-state index is 5.65. The Labute approximate surface area is 142 Å². The number of ether oxygens (including phenoxy) is 2. The van der Waals surface area contributed by atoms with E-state index in [1.54, 1.807) is 7.11 Å². The van der Waals surface area contributed by atoms with Gasteiger partial charge in [0.15, 0.2) is 5.96 Å². The lowest BCUT2D eigenvalue weighted by Crippen LogP contribution is -2.41. The van der Waals surface area contributed by atoms with Gasteiger partial charge in [-0.2, -0.15) is 0 Å². The minimum Gasteiger partial charge on any atom is -0.382 e. The molecule has 0 aromatic heterocycles. The molecule has 6 nitrogen and oxygen atoms in total. The third-order valence-corrected chi connectivity index (χ3v) is 4.41. The van der Waals surface area contributed by atoms with Crippen LogP contribution in [0.1, 0.15) is 26.7 Å². The first kappa shape index (κ1) is 20.2. The van der Waals surface area contributed by atoms with Crippen molar-refractivity contribution in [2.24, 2.45) is 10.9 Å². The summed E-state index contributed by atoms with van der Waals surface area (Å²) in [5, 5.41) is 3.50. The minimum atomic E-state index is 0.598. The molecule has 1 aliphatic rings. The van der Waals surface area contributed by atoms with Crippen LogP contribution in [0.25, 0.3) is 0 Å². The molecule has 1 unspecified atom stereocenters. The van der Waals surface area contributed by atoms with E-state index < -0.39 is 0 Å². The number of nitrogens with zero attached hydrogens (tertiary/aromatic N) is 3. The molecule has 1 N–H and O–H groups in total. The summed E-state index contributed by atoms with van der Waals surface area (Å²) >= 11 is 0. The van der Waals surface area contributed by atoms with Crippen LogP contribution in [0.5, 0.6) is 0 Å². The van der Waals surface area contributed by atoms with Gasteiger partial charge in [0.25, 0.3) is 0 Å². The molecule has 0 spiro atoms. The van der Waals surface area contributed by atoms with Gasteiger partial charge < -0.3 is 24.6 Å². The third kappa shape index (κ3) is 7.99. The van der Waals surface area contributed by atoms with Gasteiger partial charge in [0, 0.05) is 39.7 Å². The topological polar surface area (TPSA) is 49.3 Å². The number of hydrogen-bond acceptors (Lipinski definition) is 4. The fraction of sp³-hybridized carbons (Fsp3) is 0.941. The maximum Gasteiger partial charge on any atom is 0.193 e. The quantitative estimate of drug-likeness (QED) is 0.352. The van der Waals surface area contributed by atoms with E-state index >= 15 is 0 Å². The predicted octanol–water partition coefficient (Wildman–Crippen LogP) is 1.28. The van der Waals surface area contributed by atoms with Gasteiger partial charge in [0.1, 0.15) is 0 Å². The summed E-state index contributed by atoms with van der Waals surface area (Å²) in [7, 11) is 3.58. The molecular formula is C17H36N4O2. The van der Waals surface area contributed by atoms with Crippen LogP contribution in [0.2, 0.25) is 0 Å². The molecule has 0 radical (unpaired) electrons. The smallest absolute Gasteiger partial charge is 0.193 e. The predicted molar refractivity (Wildman–Crippen MR) is 96.1 cm³/mol. The van der Waals surface area contributed by atoms with Crippen LogP contribution in [0.15, 0.2) is 4.99 Å². The first-order valence-corrected chi connectivity index (χ1v) is 8.99. The first-order valence-electron chi connectivity index (χ1n) is 8.99. The van der Waals surface area contributed by atoms with Crippen LogP contribution in [-0.2, 0) is 9.47 Å². The number of rotatable bonds is 11. The zero-order chi connectivity index (χ0) is 16.9. The van der Waals surface area contributed by atoms with Crippen molar-refractivity contribution in [3.63, 3.8) is 0 Å². The van der Waals surface area contributed by atoms with Gasteiger partial charge in [0.2, 0.25) is 0 Å². The summed E-state index contributed by atoms with van der Waals surface area (Å²) in [4.78, 5) is 9.23. The normalized spacial score (nSPS) is 18.9. The maximum absolute atomic E-state index is 5.65. The van der Waals surface area contributed by atoms with E-state index in [-0.39, 0.29) is 0 Å². The number of methoxy groups -OCH3 is 1. The lowest BCUT2D eigenvalue weighted by molar-refractivity contribution is 0.0536. The fourth-order valence-electron chi connectivity index (χ4n) is 2.93. The van der Waals surface area contributed by atoms with E-state index in [2.05, 4.69) is 34.0 Å². The second kappa shape index (κ2) is 12.6. The molecule has 136 valence electrons. The highest BCUT2D eigenvalue weighted by atomic mass is 16.5. The van der Waals surface area contributed by atoms with Crippen LogP contribution >= 0.6 is 0 Å². The van der Waals surface area contributed by atoms with Crippen molar-refractivity contribution in [3.8, 4) is 0 Å². The molecule has 0 amide bonds. The zero-order valence-corrected chi connectivity index (χ0v) is 15.5. The second-order valence-corrected chi connectivity index (χ2v) is 6.02. The van der Waals surface area contributed by atoms with Gasteiger partial charge in [-0.15, -0.1) is 0 Å². The molecule has 0 bridgehead atoms. The van der Waals surface area contributed by atoms with Crippen LogP contribution in [-0.4, -0.2) is 89.0 Å². The number of guanidine groups is 1. The molecular weight excluding hydrogens is 292 g/mol. The SMILES string of the molecule is CCN(CC)CCCNC(=NC)N1CCC(COCCOC)C1. The van der Waals surface area contributed by atoms with Crippen LogP contribution in [0.3, 0.4) is 0 Å². The second-order valence-electron chi connectivity index (χ2n) is 6.02. The van der Waals surface area contributed by atoms with Gasteiger partial charge >= 0.3 is 0 Å². The van der Waals surface area contributed by atoms with Crippen LogP contribution in [0.4, 0.5) is 0 Å². The lowest BCUT2D eigenvalue weighted by Gasteiger charge is -2.23. The number of hydrogen-bond donors (Lipinski definition) is 1. The van der Waals surface area contributed by atoms with Crippen molar-refractivity contribution in [1.82, 2.24) is 15.1 Å². The Morgan fingerprint density at radius 3 is 2.74 bits per heavy atom. The van der Waals surface area contributed by atoms with E-state index in [0.717, 1.165) is 58.3 Å². The van der Waals surface area contributed by atoms with Gasteiger partial charge in [-0.3, -0.25) is 4.99 Å². The van der Waals surface area contributed by atoms with E-state index in [4.69, 9.17) is 9.47 Å². The molecule has 1 atom stereocenters. The summed E-state index contributed by atoms with van der Waals surface area (Å²) in [5.41, 5.74) is 0. The molecule has 1 aliphatic heterocycles. The van der Waals surface area contributed by atoms with E-state index in [0.29, 0.717) is 19.1 Å². The highest BCUT2D eigenvalue weighted by molar-refractivity contribution is 5.80. The van der Waals surface area contributed by atoms with E-state index in [9.17, 15) is 0 Å². The standard InChI is InChI=1S/C17H36N4O2/c1-5-20(6-2)10-7-9-19-17(18-3)21-11-8-16(14-21)15-23-13-12-22-4/h16H,5-15H2,1-4H3,(H,18,19). The zero-order valence-electron chi connectivity index (χ0n) is 15.5. The Morgan fingerprint density at radius 1 is 1.30 bits per heavy atom. The van der Waals surface area contributed by atoms with Crippen molar-refractivity contribution in [2.75, 3.05) is 73.2 Å². The first-order chi connectivity index (χ1) is 11.2. The lowest BCUT2D eigenvalue weighted by atomic mass is 10.1. The summed E-state index contributed by atoms with van der Waals surface area (Å²) in [6, 6.07) is 0. The molecule has 1 fully saturated rings. The Morgan fingerprint density at radius 2 is 2.09 bits per heavy atom. The van der Waals surface area contributed by atoms with E-state index in [1.165, 1.54) is 6.42 Å².